The van der Waals surface area contributed by atoms with Crippen LogP contribution in [0.2, 0.25) is 0 Å². The summed E-state index contributed by atoms with van der Waals surface area (Å²) in [5.41, 5.74) is -1.04. The highest BCUT2D eigenvalue weighted by molar-refractivity contribution is 7.47. The van der Waals surface area contributed by atoms with E-state index in [0.29, 0.717) is 12.8 Å². The third-order valence-electron chi connectivity index (χ3n) is 2.90. The quantitative estimate of drug-likeness (QED) is 0.733. The number of phosphoric acid groups is 1. The Morgan fingerprint density at radius 2 is 2.30 bits per heavy atom. The third-order valence-corrected chi connectivity index (χ3v) is 3.84. The molecule has 1 fully saturated rings. The smallest absolute Gasteiger partial charge is 0.352 e. The highest BCUT2D eigenvalue weighted by Gasteiger charge is 2.30. The standard InChI is InChI=1S/C10H15N2O7P/c1-17-20(15,16)18-6-7-2-3-9(19-7)12-5-4-8(13)11-10(12)14/h4-5,7,9H,2-3,6H2,1H3,(H,15,16)(H,11,13,14). The molecule has 0 spiro atoms. The molecule has 1 aliphatic rings. The molecular weight excluding hydrogens is 291 g/mol. The summed E-state index contributed by atoms with van der Waals surface area (Å²) in [7, 11) is -2.96. The van der Waals surface area contributed by atoms with Crippen LogP contribution in [-0.4, -0.2) is 34.3 Å². The van der Waals surface area contributed by atoms with E-state index in [1.165, 1.54) is 16.8 Å². The van der Waals surface area contributed by atoms with Crippen molar-refractivity contribution in [1.29, 1.82) is 0 Å². The summed E-state index contributed by atoms with van der Waals surface area (Å²) in [5.74, 6) is 0. The summed E-state index contributed by atoms with van der Waals surface area (Å²) in [6.07, 6.45) is 1.48. The molecule has 0 aliphatic carbocycles. The molecular formula is C10H15N2O7P. The van der Waals surface area contributed by atoms with Crippen LogP contribution in [0.4, 0.5) is 0 Å². The fourth-order valence-corrected chi connectivity index (χ4v) is 2.36. The zero-order valence-corrected chi connectivity index (χ0v) is 11.6. The van der Waals surface area contributed by atoms with Gasteiger partial charge in [-0.25, -0.2) is 9.36 Å². The summed E-state index contributed by atoms with van der Waals surface area (Å²) in [6, 6.07) is 1.22. The maximum atomic E-state index is 11.6. The Hall–Kier alpha value is -1.25. The SMILES string of the molecule is COP(=O)(O)OCC1CCC(n2ccc(=O)[nH]c2=O)O1. The first-order valence-electron chi connectivity index (χ1n) is 5.91. The van der Waals surface area contributed by atoms with E-state index in [4.69, 9.17) is 14.2 Å². The maximum Gasteiger partial charge on any atom is 0.472 e. The molecule has 3 unspecified atom stereocenters. The summed E-state index contributed by atoms with van der Waals surface area (Å²) >= 11 is 0. The number of nitrogens with zero attached hydrogens (tertiary/aromatic N) is 1. The van der Waals surface area contributed by atoms with Gasteiger partial charge in [-0.15, -0.1) is 0 Å². The van der Waals surface area contributed by atoms with Crippen molar-refractivity contribution in [3.05, 3.63) is 33.1 Å². The molecule has 0 amide bonds. The molecule has 1 aromatic heterocycles. The number of aromatic amines is 1. The van der Waals surface area contributed by atoms with Crippen molar-refractivity contribution in [3.63, 3.8) is 0 Å². The van der Waals surface area contributed by atoms with E-state index in [1.807, 2.05) is 0 Å². The Kier molecular flexibility index (Phi) is 4.56. The monoisotopic (exact) mass is 306 g/mol. The van der Waals surface area contributed by atoms with Gasteiger partial charge in [-0.1, -0.05) is 0 Å². The second-order valence-corrected chi connectivity index (χ2v) is 5.81. The van der Waals surface area contributed by atoms with E-state index in [-0.39, 0.29) is 6.61 Å². The molecule has 2 rings (SSSR count). The van der Waals surface area contributed by atoms with Crippen LogP contribution in [0.5, 0.6) is 0 Å². The summed E-state index contributed by atoms with van der Waals surface area (Å²) in [5, 5.41) is 0. The highest BCUT2D eigenvalue weighted by Crippen LogP contribution is 2.43. The molecule has 3 atom stereocenters. The first-order chi connectivity index (χ1) is 9.41. The minimum atomic E-state index is -4.03. The van der Waals surface area contributed by atoms with Gasteiger partial charge < -0.3 is 9.63 Å². The number of aromatic nitrogens is 2. The Labute approximate surface area is 113 Å². The lowest BCUT2D eigenvalue weighted by Gasteiger charge is -2.16. The Balaban J connectivity index is 1.97. The molecule has 20 heavy (non-hydrogen) atoms. The molecule has 2 N–H and O–H groups in total. The van der Waals surface area contributed by atoms with Crippen molar-refractivity contribution in [2.24, 2.45) is 0 Å². The molecule has 112 valence electrons. The van der Waals surface area contributed by atoms with Gasteiger partial charge in [0, 0.05) is 19.4 Å². The minimum absolute atomic E-state index is 0.115. The summed E-state index contributed by atoms with van der Waals surface area (Å²) in [4.78, 5) is 33.8. The molecule has 0 bridgehead atoms. The highest BCUT2D eigenvalue weighted by atomic mass is 31.2. The molecule has 0 saturated carbocycles. The molecule has 2 heterocycles. The van der Waals surface area contributed by atoms with E-state index in [9.17, 15) is 14.2 Å². The Morgan fingerprint density at radius 1 is 1.55 bits per heavy atom. The van der Waals surface area contributed by atoms with Crippen molar-refractivity contribution in [3.8, 4) is 0 Å². The predicted molar refractivity (Wildman–Crippen MR) is 67.3 cm³/mol. The molecule has 0 aromatic carbocycles. The fourth-order valence-electron chi connectivity index (χ4n) is 1.90. The molecule has 1 aromatic rings. The predicted octanol–water partition coefficient (Wildman–Crippen LogP) is -0.0224. The molecule has 10 heteroatoms. The average molecular weight is 306 g/mol. The molecule has 0 radical (unpaired) electrons. The van der Waals surface area contributed by atoms with Crippen LogP contribution in [0.15, 0.2) is 21.9 Å². The normalized spacial score (nSPS) is 25.5. The van der Waals surface area contributed by atoms with Crippen LogP contribution < -0.4 is 11.2 Å². The van der Waals surface area contributed by atoms with Crippen LogP contribution in [0.25, 0.3) is 0 Å². The summed E-state index contributed by atoms with van der Waals surface area (Å²) < 4.78 is 26.9. The zero-order chi connectivity index (χ0) is 14.8. The number of hydrogen-bond acceptors (Lipinski definition) is 6. The van der Waals surface area contributed by atoms with Gasteiger partial charge in [-0.05, 0) is 12.8 Å². The van der Waals surface area contributed by atoms with Gasteiger partial charge >= 0.3 is 13.5 Å². The van der Waals surface area contributed by atoms with E-state index in [0.717, 1.165) is 7.11 Å². The third kappa shape index (κ3) is 3.65. The van der Waals surface area contributed by atoms with Crippen LogP contribution in [0.3, 0.4) is 0 Å². The lowest BCUT2D eigenvalue weighted by atomic mass is 10.2. The van der Waals surface area contributed by atoms with E-state index in [1.54, 1.807) is 0 Å². The van der Waals surface area contributed by atoms with Gasteiger partial charge in [0.25, 0.3) is 5.56 Å². The van der Waals surface area contributed by atoms with Crippen molar-refractivity contribution < 1.29 is 23.2 Å². The lowest BCUT2D eigenvalue weighted by Crippen LogP contribution is -2.31. The van der Waals surface area contributed by atoms with Gasteiger partial charge in [0.1, 0.15) is 6.23 Å². The first-order valence-corrected chi connectivity index (χ1v) is 7.41. The van der Waals surface area contributed by atoms with Gasteiger partial charge in [0.2, 0.25) is 0 Å². The minimum Gasteiger partial charge on any atom is -0.352 e. The number of nitrogens with one attached hydrogen (secondary N) is 1. The van der Waals surface area contributed by atoms with Gasteiger partial charge in [0.15, 0.2) is 0 Å². The number of H-pyrrole nitrogens is 1. The number of ether oxygens (including phenoxy) is 1. The Bertz CT molecular complexity index is 625. The van der Waals surface area contributed by atoms with Crippen molar-refractivity contribution in [2.75, 3.05) is 13.7 Å². The first kappa shape index (κ1) is 15.1. The van der Waals surface area contributed by atoms with Crippen LogP contribution in [-0.2, 0) is 18.3 Å². The average Bonchev–Trinajstić information content (AvgIpc) is 2.85. The van der Waals surface area contributed by atoms with Crippen molar-refractivity contribution in [2.45, 2.75) is 25.2 Å². The van der Waals surface area contributed by atoms with E-state index in [2.05, 4.69) is 9.51 Å². The van der Waals surface area contributed by atoms with Crippen LogP contribution >= 0.6 is 7.82 Å². The van der Waals surface area contributed by atoms with E-state index < -0.39 is 31.4 Å². The second-order valence-electron chi connectivity index (χ2n) is 4.25. The topological polar surface area (TPSA) is 120 Å². The van der Waals surface area contributed by atoms with E-state index >= 15 is 0 Å². The van der Waals surface area contributed by atoms with Gasteiger partial charge in [0.05, 0.1) is 12.7 Å². The number of rotatable bonds is 5. The largest absolute Gasteiger partial charge is 0.472 e. The maximum absolute atomic E-state index is 11.6. The Morgan fingerprint density at radius 3 is 2.95 bits per heavy atom. The molecule has 1 saturated heterocycles. The van der Waals surface area contributed by atoms with Gasteiger partial charge in [-0.3, -0.25) is 23.4 Å². The fraction of sp³-hybridized carbons (Fsp3) is 0.600. The summed E-state index contributed by atoms with van der Waals surface area (Å²) in [6.45, 7) is -0.115. The van der Waals surface area contributed by atoms with Crippen molar-refractivity contribution >= 4 is 7.82 Å². The van der Waals surface area contributed by atoms with Crippen LogP contribution in [0, 0.1) is 0 Å². The van der Waals surface area contributed by atoms with Crippen molar-refractivity contribution in [1.82, 2.24) is 9.55 Å². The lowest BCUT2D eigenvalue weighted by molar-refractivity contribution is -0.0251. The molecule has 1 aliphatic heterocycles. The second kappa shape index (κ2) is 6.02. The van der Waals surface area contributed by atoms with Gasteiger partial charge in [-0.2, -0.15) is 0 Å². The number of hydrogen-bond donors (Lipinski definition) is 2. The van der Waals surface area contributed by atoms with Crippen LogP contribution in [0.1, 0.15) is 19.1 Å². The number of phosphoric ester groups is 1. The zero-order valence-electron chi connectivity index (χ0n) is 10.7. The molecule has 9 nitrogen and oxygen atoms in total.